The Labute approximate surface area is 142 Å². The van der Waals surface area contributed by atoms with Crippen molar-refractivity contribution < 1.29 is 4.74 Å². The number of pyridine rings is 1. The predicted octanol–water partition coefficient (Wildman–Crippen LogP) is 3.82. The molecule has 0 atom stereocenters. The number of hydrazine groups is 1. The molecule has 0 bridgehead atoms. The molecule has 0 unspecified atom stereocenters. The first-order chi connectivity index (χ1) is 11.9. The van der Waals surface area contributed by atoms with Gasteiger partial charge in [-0.25, -0.2) is 5.43 Å². The molecule has 2 aromatic carbocycles. The van der Waals surface area contributed by atoms with Crippen molar-refractivity contribution in [3.05, 3.63) is 90.3 Å². The average Bonchev–Trinajstić information content (AvgIpc) is 2.66. The Balaban J connectivity index is 1.40. The van der Waals surface area contributed by atoms with E-state index < -0.39 is 0 Å². The van der Waals surface area contributed by atoms with Gasteiger partial charge in [0.2, 0.25) is 0 Å². The molecule has 0 amide bonds. The maximum atomic E-state index is 5.80. The first kappa shape index (κ1) is 16.0. The number of nitrogens with one attached hydrogen (secondary N) is 2. The van der Waals surface area contributed by atoms with Crippen LogP contribution in [0.1, 0.15) is 11.1 Å². The maximum absolute atomic E-state index is 5.80. The van der Waals surface area contributed by atoms with Gasteiger partial charge in [-0.1, -0.05) is 42.5 Å². The summed E-state index contributed by atoms with van der Waals surface area (Å²) in [6.45, 7) is 1.43. The van der Waals surface area contributed by atoms with Gasteiger partial charge >= 0.3 is 0 Å². The average molecular weight is 319 g/mol. The molecular formula is C20H21N3O. The number of anilines is 1. The number of ether oxygens (including phenoxy) is 1. The Morgan fingerprint density at radius 1 is 0.792 bits per heavy atom. The summed E-state index contributed by atoms with van der Waals surface area (Å²) < 4.78 is 5.80. The molecule has 0 spiro atoms. The Bertz CT molecular complexity index is 715. The molecule has 2 N–H and O–H groups in total. The van der Waals surface area contributed by atoms with Crippen LogP contribution in [0.4, 0.5) is 5.69 Å². The second-order valence-electron chi connectivity index (χ2n) is 5.46. The molecule has 3 rings (SSSR count). The SMILES string of the molecule is c1ccc(COc2ccc(CCNNc3ccncc3)cc2)cc1. The number of hydrogen-bond donors (Lipinski definition) is 2. The fourth-order valence-corrected chi connectivity index (χ4v) is 2.30. The monoisotopic (exact) mass is 319 g/mol. The van der Waals surface area contributed by atoms with Crippen LogP contribution >= 0.6 is 0 Å². The fraction of sp³-hybridized carbons (Fsp3) is 0.150. The molecule has 1 aromatic heterocycles. The summed E-state index contributed by atoms with van der Waals surface area (Å²) in [6.07, 6.45) is 4.47. The molecule has 0 saturated heterocycles. The van der Waals surface area contributed by atoms with Crippen molar-refractivity contribution in [3.8, 4) is 5.75 Å². The third-order valence-corrected chi connectivity index (χ3v) is 3.62. The summed E-state index contributed by atoms with van der Waals surface area (Å²) in [5, 5.41) is 0. The highest BCUT2D eigenvalue weighted by molar-refractivity contribution is 5.39. The van der Waals surface area contributed by atoms with Gasteiger partial charge in [-0.15, -0.1) is 0 Å². The molecule has 4 heteroatoms. The Morgan fingerprint density at radius 3 is 2.29 bits per heavy atom. The van der Waals surface area contributed by atoms with Crippen molar-refractivity contribution in [3.63, 3.8) is 0 Å². The smallest absolute Gasteiger partial charge is 0.119 e. The van der Waals surface area contributed by atoms with E-state index in [1.165, 1.54) is 11.1 Å². The van der Waals surface area contributed by atoms with Gasteiger partial charge in [-0.3, -0.25) is 4.98 Å². The number of rotatable bonds is 8. The standard InChI is InChI=1S/C20H21N3O/c1-2-4-18(5-3-1)16-24-20-8-6-17(7-9-20)10-15-22-23-19-11-13-21-14-12-19/h1-9,11-14,22H,10,15-16H2,(H,21,23). The molecule has 0 aliphatic carbocycles. The molecule has 0 saturated carbocycles. The first-order valence-corrected chi connectivity index (χ1v) is 8.05. The summed E-state index contributed by atoms with van der Waals surface area (Å²) in [7, 11) is 0. The highest BCUT2D eigenvalue weighted by Crippen LogP contribution is 2.14. The van der Waals surface area contributed by atoms with Crippen molar-refractivity contribution in [2.24, 2.45) is 0 Å². The molecule has 3 aromatic rings. The molecule has 24 heavy (non-hydrogen) atoms. The van der Waals surface area contributed by atoms with Crippen LogP contribution < -0.4 is 15.6 Å². The molecule has 0 radical (unpaired) electrons. The van der Waals surface area contributed by atoms with Crippen molar-refractivity contribution in [2.45, 2.75) is 13.0 Å². The normalized spacial score (nSPS) is 10.3. The second kappa shape index (κ2) is 8.70. The second-order valence-corrected chi connectivity index (χ2v) is 5.46. The van der Waals surface area contributed by atoms with Crippen molar-refractivity contribution in [1.29, 1.82) is 0 Å². The van der Waals surface area contributed by atoms with Crippen molar-refractivity contribution in [2.75, 3.05) is 12.0 Å². The lowest BCUT2D eigenvalue weighted by atomic mass is 10.1. The molecule has 1 heterocycles. The molecular weight excluding hydrogens is 298 g/mol. The maximum Gasteiger partial charge on any atom is 0.119 e. The van der Waals surface area contributed by atoms with E-state index in [1.807, 2.05) is 42.5 Å². The van der Waals surface area contributed by atoms with E-state index in [-0.39, 0.29) is 0 Å². The van der Waals surface area contributed by atoms with E-state index in [1.54, 1.807) is 12.4 Å². The fourth-order valence-electron chi connectivity index (χ4n) is 2.30. The van der Waals surface area contributed by atoms with E-state index in [0.717, 1.165) is 24.4 Å². The van der Waals surface area contributed by atoms with Crippen LogP contribution in [0.5, 0.6) is 5.75 Å². The number of nitrogens with zero attached hydrogens (tertiary/aromatic N) is 1. The van der Waals surface area contributed by atoms with Crippen LogP contribution in [0, 0.1) is 0 Å². The van der Waals surface area contributed by atoms with Gasteiger partial charge < -0.3 is 10.2 Å². The van der Waals surface area contributed by atoms with Gasteiger partial charge in [0.1, 0.15) is 12.4 Å². The van der Waals surface area contributed by atoms with Crippen LogP contribution in [0.3, 0.4) is 0 Å². The van der Waals surface area contributed by atoms with Crippen LogP contribution in [-0.2, 0) is 13.0 Å². The van der Waals surface area contributed by atoms with Crippen LogP contribution in [-0.4, -0.2) is 11.5 Å². The zero-order chi connectivity index (χ0) is 16.5. The minimum absolute atomic E-state index is 0.595. The Hall–Kier alpha value is -2.85. The van der Waals surface area contributed by atoms with Gasteiger partial charge in [0, 0.05) is 18.9 Å². The summed E-state index contributed by atoms with van der Waals surface area (Å²) in [4.78, 5) is 3.98. The van der Waals surface area contributed by atoms with E-state index in [9.17, 15) is 0 Å². The zero-order valence-corrected chi connectivity index (χ0v) is 13.5. The third-order valence-electron chi connectivity index (χ3n) is 3.62. The predicted molar refractivity (Wildman–Crippen MR) is 96.8 cm³/mol. The lowest BCUT2D eigenvalue weighted by Crippen LogP contribution is -2.24. The summed E-state index contributed by atoms with van der Waals surface area (Å²) in [5.41, 5.74) is 9.80. The minimum atomic E-state index is 0.595. The van der Waals surface area contributed by atoms with Gasteiger partial charge in [0.15, 0.2) is 0 Å². The number of aromatic nitrogens is 1. The highest BCUT2D eigenvalue weighted by Gasteiger charge is 1.97. The van der Waals surface area contributed by atoms with Gasteiger partial charge in [-0.2, -0.15) is 0 Å². The van der Waals surface area contributed by atoms with E-state index in [2.05, 4.69) is 40.1 Å². The third kappa shape index (κ3) is 5.11. The van der Waals surface area contributed by atoms with Gasteiger partial charge in [0.05, 0.1) is 5.69 Å². The van der Waals surface area contributed by atoms with Gasteiger partial charge in [-0.05, 0) is 41.8 Å². The largest absolute Gasteiger partial charge is 0.489 e. The molecule has 4 nitrogen and oxygen atoms in total. The molecule has 0 aliphatic rings. The van der Waals surface area contributed by atoms with Crippen LogP contribution in [0.25, 0.3) is 0 Å². The zero-order valence-electron chi connectivity index (χ0n) is 13.5. The van der Waals surface area contributed by atoms with E-state index in [4.69, 9.17) is 4.74 Å². The summed E-state index contributed by atoms with van der Waals surface area (Å²) in [5.74, 6) is 0.894. The van der Waals surface area contributed by atoms with E-state index in [0.29, 0.717) is 6.61 Å². The van der Waals surface area contributed by atoms with Crippen LogP contribution in [0.15, 0.2) is 79.1 Å². The highest BCUT2D eigenvalue weighted by atomic mass is 16.5. The van der Waals surface area contributed by atoms with Crippen molar-refractivity contribution >= 4 is 5.69 Å². The van der Waals surface area contributed by atoms with Crippen molar-refractivity contribution in [1.82, 2.24) is 10.4 Å². The summed E-state index contributed by atoms with van der Waals surface area (Å²) in [6, 6.07) is 22.3. The Kier molecular flexibility index (Phi) is 5.81. The Morgan fingerprint density at radius 2 is 1.54 bits per heavy atom. The van der Waals surface area contributed by atoms with Crippen LogP contribution in [0.2, 0.25) is 0 Å². The molecule has 0 aliphatic heterocycles. The quantitative estimate of drug-likeness (QED) is 0.489. The topological polar surface area (TPSA) is 46.2 Å². The number of hydrogen-bond acceptors (Lipinski definition) is 4. The lowest BCUT2D eigenvalue weighted by Gasteiger charge is -2.09. The minimum Gasteiger partial charge on any atom is -0.489 e. The lowest BCUT2D eigenvalue weighted by molar-refractivity contribution is 0.306. The first-order valence-electron chi connectivity index (χ1n) is 8.05. The van der Waals surface area contributed by atoms with Gasteiger partial charge in [0.25, 0.3) is 0 Å². The van der Waals surface area contributed by atoms with E-state index >= 15 is 0 Å². The summed E-state index contributed by atoms with van der Waals surface area (Å²) >= 11 is 0. The molecule has 122 valence electrons. The molecule has 0 fully saturated rings. The number of benzene rings is 2.